The second-order valence-electron chi connectivity index (χ2n) is 7.30. The number of rotatable bonds is 10. The predicted octanol–water partition coefficient (Wildman–Crippen LogP) is 3.33. The number of hydrogen-bond donors (Lipinski definition) is 3. The van der Waals surface area contributed by atoms with Gasteiger partial charge in [0.25, 0.3) is 5.91 Å². The summed E-state index contributed by atoms with van der Waals surface area (Å²) < 4.78 is 19.3. The molecule has 0 aliphatic heterocycles. The number of aliphatic hydroxyl groups excluding tert-OH is 1. The van der Waals surface area contributed by atoms with Crippen molar-refractivity contribution in [2.24, 2.45) is 0 Å². The molecule has 162 valence electrons. The molecule has 0 fully saturated rings. The molecule has 3 aromatic rings. The first kappa shape index (κ1) is 22.5. The first-order chi connectivity index (χ1) is 15.1. The van der Waals surface area contributed by atoms with Crippen molar-refractivity contribution in [3.05, 3.63) is 101 Å². The topological polar surface area (TPSA) is 70.6 Å². The molecule has 0 aromatic heterocycles. The molecular weight excluding hydrogens is 395 g/mol. The number of nitrogens with one attached hydrogen (secondary N) is 2. The molecule has 6 heteroatoms. The summed E-state index contributed by atoms with van der Waals surface area (Å²) in [5, 5.41) is 16.8. The highest BCUT2D eigenvalue weighted by atomic mass is 19.1. The lowest BCUT2D eigenvalue weighted by molar-refractivity contribution is 0.0826. The lowest BCUT2D eigenvalue weighted by Gasteiger charge is -2.25. The zero-order chi connectivity index (χ0) is 22.1. The standard InChI is InChI=1S/C25H27FN2O3/c1-31-20-11-7-10-19(14-20)16-27-17-24(29)23(15-18-8-3-2-4-9-18)28-25(30)21-12-5-6-13-22(21)26/h2-14,23-24,27,29H,15-17H2,1H3,(H,28,30)/t23-,24-/m0/s1. The van der Waals surface area contributed by atoms with Gasteiger partial charge in [-0.05, 0) is 41.8 Å². The Bertz CT molecular complexity index is 981. The van der Waals surface area contributed by atoms with E-state index in [9.17, 15) is 14.3 Å². The van der Waals surface area contributed by atoms with E-state index in [2.05, 4.69) is 10.6 Å². The van der Waals surface area contributed by atoms with Crippen LogP contribution < -0.4 is 15.4 Å². The Morgan fingerprint density at radius 1 is 1.00 bits per heavy atom. The van der Waals surface area contributed by atoms with Crippen LogP contribution in [-0.4, -0.2) is 36.8 Å². The highest BCUT2D eigenvalue weighted by Gasteiger charge is 2.23. The van der Waals surface area contributed by atoms with Gasteiger partial charge in [-0.1, -0.05) is 54.6 Å². The van der Waals surface area contributed by atoms with Gasteiger partial charge in [-0.2, -0.15) is 0 Å². The van der Waals surface area contributed by atoms with E-state index >= 15 is 0 Å². The minimum absolute atomic E-state index is 0.0444. The maximum Gasteiger partial charge on any atom is 0.254 e. The number of halogens is 1. The van der Waals surface area contributed by atoms with Gasteiger partial charge in [-0.25, -0.2) is 4.39 Å². The number of benzene rings is 3. The van der Waals surface area contributed by atoms with Crippen LogP contribution in [0.15, 0.2) is 78.9 Å². The third-order valence-corrected chi connectivity index (χ3v) is 5.01. The van der Waals surface area contributed by atoms with Gasteiger partial charge in [0, 0.05) is 13.1 Å². The van der Waals surface area contributed by atoms with Crippen LogP contribution in [0.1, 0.15) is 21.5 Å². The van der Waals surface area contributed by atoms with Crippen LogP contribution in [0.5, 0.6) is 5.75 Å². The smallest absolute Gasteiger partial charge is 0.254 e. The van der Waals surface area contributed by atoms with Crippen LogP contribution in [0.4, 0.5) is 4.39 Å². The number of hydrogen-bond acceptors (Lipinski definition) is 4. The van der Waals surface area contributed by atoms with Crippen LogP contribution >= 0.6 is 0 Å². The Morgan fingerprint density at radius 2 is 1.71 bits per heavy atom. The summed E-state index contributed by atoms with van der Waals surface area (Å²) in [6.45, 7) is 0.792. The number of carbonyl (C=O) groups excluding carboxylic acids is 1. The average Bonchev–Trinajstić information content (AvgIpc) is 2.79. The van der Waals surface area contributed by atoms with Crippen LogP contribution in [0.3, 0.4) is 0 Å². The van der Waals surface area contributed by atoms with E-state index in [1.807, 2.05) is 54.6 Å². The van der Waals surface area contributed by atoms with Gasteiger partial charge in [0.1, 0.15) is 11.6 Å². The molecule has 5 nitrogen and oxygen atoms in total. The van der Waals surface area contributed by atoms with Crippen molar-refractivity contribution in [3.63, 3.8) is 0 Å². The first-order valence-electron chi connectivity index (χ1n) is 10.2. The number of methoxy groups -OCH3 is 1. The summed E-state index contributed by atoms with van der Waals surface area (Å²) in [5.74, 6) is -0.381. The fourth-order valence-corrected chi connectivity index (χ4v) is 3.33. The van der Waals surface area contributed by atoms with Gasteiger partial charge in [-0.3, -0.25) is 4.79 Å². The van der Waals surface area contributed by atoms with Crippen LogP contribution in [-0.2, 0) is 13.0 Å². The maximum absolute atomic E-state index is 14.0. The summed E-state index contributed by atoms with van der Waals surface area (Å²) in [4.78, 5) is 12.6. The third-order valence-electron chi connectivity index (χ3n) is 5.01. The Labute approximate surface area is 181 Å². The minimum Gasteiger partial charge on any atom is -0.497 e. The Morgan fingerprint density at radius 3 is 2.45 bits per heavy atom. The highest BCUT2D eigenvalue weighted by molar-refractivity contribution is 5.94. The lowest BCUT2D eigenvalue weighted by atomic mass is 10.00. The maximum atomic E-state index is 14.0. The van der Waals surface area contributed by atoms with E-state index in [1.165, 1.54) is 18.2 Å². The van der Waals surface area contributed by atoms with Crippen LogP contribution in [0, 0.1) is 5.82 Å². The van der Waals surface area contributed by atoms with Gasteiger partial charge in [0.2, 0.25) is 0 Å². The molecule has 0 radical (unpaired) electrons. The molecule has 3 rings (SSSR count). The molecule has 2 atom stereocenters. The fourth-order valence-electron chi connectivity index (χ4n) is 3.33. The van der Waals surface area contributed by atoms with Crippen molar-refractivity contribution < 1.29 is 19.0 Å². The fraction of sp³-hybridized carbons (Fsp3) is 0.240. The zero-order valence-electron chi connectivity index (χ0n) is 17.4. The molecule has 3 aromatic carbocycles. The van der Waals surface area contributed by atoms with Crippen molar-refractivity contribution in [2.45, 2.75) is 25.1 Å². The Hall–Kier alpha value is -3.22. The molecule has 0 saturated carbocycles. The average molecular weight is 423 g/mol. The number of carbonyl (C=O) groups is 1. The van der Waals surface area contributed by atoms with E-state index in [0.717, 1.165) is 16.9 Å². The highest BCUT2D eigenvalue weighted by Crippen LogP contribution is 2.13. The van der Waals surface area contributed by atoms with E-state index in [-0.39, 0.29) is 12.1 Å². The third kappa shape index (κ3) is 6.64. The molecule has 0 aliphatic rings. The van der Waals surface area contributed by atoms with Crippen molar-refractivity contribution >= 4 is 5.91 Å². The Balaban J connectivity index is 1.66. The zero-order valence-corrected chi connectivity index (χ0v) is 17.4. The van der Waals surface area contributed by atoms with E-state index < -0.39 is 23.9 Å². The summed E-state index contributed by atoms with van der Waals surface area (Å²) in [6.07, 6.45) is -0.454. The summed E-state index contributed by atoms with van der Waals surface area (Å²) >= 11 is 0. The van der Waals surface area contributed by atoms with Gasteiger partial charge in [-0.15, -0.1) is 0 Å². The molecule has 31 heavy (non-hydrogen) atoms. The van der Waals surface area contributed by atoms with E-state index in [4.69, 9.17) is 4.74 Å². The molecule has 1 amide bonds. The number of aliphatic hydroxyl groups is 1. The molecule has 0 aliphatic carbocycles. The number of ether oxygens (including phenoxy) is 1. The largest absolute Gasteiger partial charge is 0.497 e. The summed E-state index contributed by atoms with van der Waals surface area (Å²) in [7, 11) is 1.61. The summed E-state index contributed by atoms with van der Waals surface area (Å²) in [6, 6.07) is 22.4. The van der Waals surface area contributed by atoms with Crippen LogP contribution in [0.25, 0.3) is 0 Å². The molecule has 0 spiro atoms. The van der Waals surface area contributed by atoms with Gasteiger partial charge >= 0.3 is 0 Å². The van der Waals surface area contributed by atoms with Crippen molar-refractivity contribution in [3.8, 4) is 5.75 Å². The molecule has 0 heterocycles. The predicted molar refractivity (Wildman–Crippen MR) is 119 cm³/mol. The van der Waals surface area contributed by atoms with Gasteiger partial charge in [0.15, 0.2) is 0 Å². The molecule has 0 saturated heterocycles. The molecular formula is C25H27FN2O3. The number of amides is 1. The van der Waals surface area contributed by atoms with Crippen molar-refractivity contribution in [1.29, 1.82) is 0 Å². The van der Waals surface area contributed by atoms with Gasteiger partial charge < -0.3 is 20.5 Å². The SMILES string of the molecule is COc1cccc(CNC[C@H](O)[C@H](Cc2ccccc2)NC(=O)c2ccccc2F)c1. The molecule has 0 unspecified atom stereocenters. The normalized spacial score (nSPS) is 12.7. The van der Waals surface area contributed by atoms with Crippen molar-refractivity contribution in [1.82, 2.24) is 10.6 Å². The quantitative estimate of drug-likeness (QED) is 0.469. The Kier molecular flexibility index (Phi) is 8.15. The van der Waals surface area contributed by atoms with E-state index in [0.29, 0.717) is 13.0 Å². The second-order valence-corrected chi connectivity index (χ2v) is 7.30. The second kappa shape index (κ2) is 11.2. The molecule has 3 N–H and O–H groups in total. The first-order valence-corrected chi connectivity index (χ1v) is 10.2. The monoisotopic (exact) mass is 422 g/mol. The van der Waals surface area contributed by atoms with Crippen LogP contribution in [0.2, 0.25) is 0 Å². The van der Waals surface area contributed by atoms with E-state index in [1.54, 1.807) is 13.2 Å². The van der Waals surface area contributed by atoms with Gasteiger partial charge in [0.05, 0.1) is 24.8 Å². The molecule has 0 bridgehead atoms. The van der Waals surface area contributed by atoms with Crippen molar-refractivity contribution in [2.75, 3.05) is 13.7 Å². The summed E-state index contributed by atoms with van der Waals surface area (Å²) in [5.41, 5.74) is 1.94. The minimum atomic E-state index is -0.874. The lowest BCUT2D eigenvalue weighted by Crippen LogP contribution is -2.48.